The smallest absolute Gasteiger partial charge is 0.323 e. The van der Waals surface area contributed by atoms with Gasteiger partial charge >= 0.3 is 5.97 Å². The fraction of sp³-hybridized carbons (Fsp3) is 0.227. The lowest BCUT2D eigenvalue weighted by Crippen LogP contribution is -2.29. The predicted molar refractivity (Wildman–Crippen MR) is 122 cm³/mol. The van der Waals surface area contributed by atoms with Crippen molar-refractivity contribution in [1.82, 2.24) is 14.3 Å². The van der Waals surface area contributed by atoms with Crippen molar-refractivity contribution in [2.24, 2.45) is 0 Å². The molecule has 3 rings (SSSR count). The molecule has 168 valence electrons. The number of hydrogen-bond donors (Lipinski definition) is 3. The third kappa shape index (κ3) is 6.50. The number of nitrogens with one attached hydrogen (secondary N) is 2. The van der Waals surface area contributed by atoms with Crippen molar-refractivity contribution >= 4 is 21.8 Å². The number of hydrogen-bond acceptors (Lipinski definition) is 6. The number of nitrogens with zero attached hydrogens (tertiary/aromatic N) is 2. The van der Waals surface area contributed by atoms with Crippen molar-refractivity contribution < 1.29 is 18.3 Å². The zero-order valence-electron chi connectivity index (χ0n) is 17.5. The molecule has 0 saturated carbocycles. The van der Waals surface area contributed by atoms with E-state index in [1.54, 1.807) is 24.3 Å². The van der Waals surface area contributed by atoms with E-state index in [9.17, 15) is 23.1 Å². The number of rotatable bonds is 10. The summed E-state index contributed by atoms with van der Waals surface area (Å²) in [6.45, 7) is 0.00355. The highest BCUT2D eigenvalue weighted by atomic mass is 32.2. The lowest BCUT2D eigenvalue weighted by atomic mass is 10.1. The molecule has 0 bridgehead atoms. The van der Waals surface area contributed by atoms with Crippen LogP contribution in [0, 0.1) is 0 Å². The zero-order valence-corrected chi connectivity index (χ0v) is 18.3. The quantitative estimate of drug-likeness (QED) is 0.423. The molecule has 0 aliphatic carbocycles. The Morgan fingerprint density at radius 2 is 1.81 bits per heavy atom. The van der Waals surface area contributed by atoms with Crippen molar-refractivity contribution in [3.05, 3.63) is 82.3 Å². The average molecular weight is 457 g/mol. The number of benzene rings is 2. The molecule has 9 nitrogen and oxygen atoms in total. The minimum absolute atomic E-state index is 0.0702. The van der Waals surface area contributed by atoms with Gasteiger partial charge in [0.1, 0.15) is 6.54 Å². The number of sulfonamides is 1. The van der Waals surface area contributed by atoms with Crippen LogP contribution >= 0.6 is 0 Å². The van der Waals surface area contributed by atoms with Crippen LogP contribution in [-0.4, -0.2) is 41.8 Å². The molecule has 0 aliphatic rings. The van der Waals surface area contributed by atoms with Gasteiger partial charge in [0, 0.05) is 18.7 Å². The molecule has 0 fully saturated rings. The van der Waals surface area contributed by atoms with E-state index in [2.05, 4.69) is 15.0 Å². The first-order valence-electron chi connectivity index (χ1n) is 9.86. The summed E-state index contributed by atoms with van der Waals surface area (Å²) in [7, 11) is -3.37. The van der Waals surface area contributed by atoms with E-state index in [0.717, 1.165) is 16.4 Å². The van der Waals surface area contributed by atoms with Crippen LogP contribution in [0.5, 0.6) is 0 Å². The Morgan fingerprint density at radius 3 is 2.50 bits per heavy atom. The van der Waals surface area contributed by atoms with Gasteiger partial charge in [0.05, 0.1) is 18.1 Å². The van der Waals surface area contributed by atoms with Gasteiger partial charge in [0.25, 0.3) is 5.56 Å². The van der Waals surface area contributed by atoms with Crippen LogP contribution < -0.4 is 15.6 Å². The lowest BCUT2D eigenvalue weighted by Gasteiger charge is -2.14. The molecular formula is C22H24N4O5S. The van der Waals surface area contributed by atoms with E-state index >= 15 is 0 Å². The topological polar surface area (TPSA) is 130 Å². The molecule has 1 aromatic heterocycles. The van der Waals surface area contributed by atoms with Gasteiger partial charge < -0.3 is 10.4 Å². The molecule has 3 aromatic rings. The van der Waals surface area contributed by atoms with Crippen molar-refractivity contribution in [2.45, 2.75) is 19.5 Å². The Morgan fingerprint density at radius 1 is 1.09 bits per heavy atom. The van der Waals surface area contributed by atoms with Crippen LogP contribution in [0.25, 0.3) is 11.3 Å². The highest BCUT2D eigenvalue weighted by Gasteiger charge is 2.15. The van der Waals surface area contributed by atoms with Gasteiger partial charge in [-0.2, -0.15) is 0 Å². The summed E-state index contributed by atoms with van der Waals surface area (Å²) in [5, 5.41) is 12.3. The van der Waals surface area contributed by atoms with Gasteiger partial charge in [-0.3, -0.25) is 14.2 Å². The number of carbonyl (C=O) groups is 1. The van der Waals surface area contributed by atoms with E-state index in [0.29, 0.717) is 29.8 Å². The molecule has 0 atom stereocenters. The molecule has 32 heavy (non-hydrogen) atoms. The maximum atomic E-state index is 13.0. The van der Waals surface area contributed by atoms with Crippen molar-refractivity contribution in [2.75, 3.05) is 18.1 Å². The Bertz CT molecular complexity index is 1260. The molecule has 0 amide bonds. The van der Waals surface area contributed by atoms with Gasteiger partial charge in [0.15, 0.2) is 5.82 Å². The number of carboxylic acids is 1. The van der Waals surface area contributed by atoms with Crippen LogP contribution in [0.4, 0.5) is 5.82 Å². The van der Waals surface area contributed by atoms with Crippen LogP contribution in [0.15, 0.2) is 65.6 Å². The molecule has 2 aromatic carbocycles. The van der Waals surface area contributed by atoms with E-state index in [1.807, 2.05) is 30.3 Å². The number of anilines is 1. The van der Waals surface area contributed by atoms with E-state index in [-0.39, 0.29) is 12.4 Å². The molecule has 0 spiro atoms. The largest absolute Gasteiger partial charge is 0.480 e. The minimum Gasteiger partial charge on any atom is -0.480 e. The van der Waals surface area contributed by atoms with E-state index in [1.165, 1.54) is 6.20 Å². The Labute approximate surface area is 185 Å². The molecule has 0 radical (unpaired) electrons. The molecule has 0 aliphatic heterocycles. The molecule has 10 heteroatoms. The van der Waals surface area contributed by atoms with Gasteiger partial charge in [0.2, 0.25) is 10.0 Å². The van der Waals surface area contributed by atoms with Crippen LogP contribution in [-0.2, 0) is 34.3 Å². The van der Waals surface area contributed by atoms with Crippen LogP contribution in [0.2, 0.25) is 0 Å². The average Bonchev–Trinajstić information content (AvgIpc) is 2.75. The standard InChI is InChI=1S/C22H24N4O5S/c1-32(30,31)25-13-17-8-5-9-18(12-17)19-14-24-21(22(29)26(19)15-20(27)28)23-11-10-16-6-3-2-4-7-16/h2-9,12,14,25H,10-11,13,15H2,1H3,(H,23,24)(H,27,28). The monoisotopic (exact) mass is 456 g/mol. The van der Waals surface area contributed by atoms with E-state index in [4.69, 9.17) is 0 Å². The zero-order chi connectivity index (χ0) is 23.1. The van der Waals surface area contributed by atoms with Gasteiger partial charge in [-0.1, -0.05) is 48.5 Å². The third-order valence-electron chi connectivity index (χ3n) is 4.66. The van der Waals surface area contributed by atoms with E-state index < -0.39 is 28.1 Å². The second-order valence-electron chi connectivity index (χ2n) is 7.23. The maximum absolute atomic E-state index is 13.0. The Kier molecular flexibility index (Phi) is 7.39. The third-order valence-corrected chi connectivity index (χ3v) is 5.33. The fourth-order valence-corrected chi connectivity index (χ4v) is 3.59. The molecule has 1 heterocycles. The molecule has 3 N–H and O–H groups in total. The normalized spacial score (nSPS) is 11.3. The van der Waals surface area contributed by atoms with Gasteiger partial charge in [-0.05, 0) is 23.6 Å². The summed E-state index contributed by atoms with van der Waals surface area (Å²) >= 11 is 0. The fourth-order valence-electron chi connectivity index (χ4n) is 3.16. The maximum Gasteiger partial charge on any atom is 0.323 e. The van der Waals surface area contributed by atoms with Crippen molar-refractivity contribution in [1.29, 1.82) is 0 Å². The predicted octanol–water partition coefficient (Wildman–Crippen LogP) is 1.70. The second-order valence-corrected chi connectivity index (χ2v) is 9.07. The highest BCUT2D eigenvalue weighted by Crippen LogP contribution is 2.20. The summed E-state index contributed by atoms with van der Waals surface area (Å²) in [5.41, 5.74) is 2.10. The molecule has 0 saturated heterocycles. The summed E-state index contributed by atoms with van der Waals surface area (Å²) < 4.78 is 26.3. The number of aliphatic carboxylic acids is 1. The first-order valence-corrected chi connectivity index (χ1v) is 11.8. The number of aromatic nitrogens is 2. The Balaban J connectivity index is 1.87. The second kappa shape index (κ2) is 10.2. The summed E-state index contributed by atoms with van der Waals surface area (Å²) in [4.78, 5) is 28.6. The first kappa shape index (κ1) is 23.2. The summed E-state index contributed by atoms with van der Waals surface area (Å²) in [5.74, 6) is -1.09. The Hall–Kier alpha value is -3.50. The van der Waals surface area contributed by atoms with Gasteiger partial charge in [-0.15, -0.1) is 0 Å². The van der Waals surface area contributed by atoms with Crippen molar-refractivity contribution in [3.63, 3.8) is 0 Å². The SMILES string of the molecule is CS(=O)(=O)NCc1cccc(-c2cnc(NCCc3ccccc3)c(=O)n2CC(=O)O)c1. The number of carboxylic acid groups (broad SMARTS) is 1. The minimum atomic E-state index is -3.37. The van der Waals surface area contributed by atoms with Crippen molar-refractivity contribution in [3.8, 4) is 11.3 Å². The van der Waals surface area contributed by atoms with Crippen LogP contribution in [0.1, 0.15) is 11.1 Å². The molecule has 0 unspecified atom stereocenters. The molecular weight excluding hydrogens is 432 g/mol. The lowest BCUT2D eigenvalue weighted by molar-refractivity contribution is -0.137. The van der Waals surface area contributed by atoms with Gasteiger partial charge in [-0.25, -0.2) is 18.1 Å². The summed E-state index contributed by atoms with van der Waals surface area (Å²) in [6.07, 6.45) is 3.19. The van der Waals surface area contributed by atoms with Crippen LogP contribution in [0.3, 0.4) is 0 Å². The first-order chi connectivity index (χ1) is 15.2. The highest BCUT2D eigenvalue weighted by molar-refractivity contribution is 7.88. The summed E-state index contributed by atoms with van der Waals surface area (Å²) in [6, 6.07) is 16.6.